The van der Waals surface area contributed by atoms with Gasteiger partial charge in [-0.1, -0.05) is 0 Å². The van der Waals surface area contributed by atoms with Gasteiger partial charge in [-0.05, 0) is 44.3 Å². The molecule has 0 saturated carbocycles. The Morgan fingerprint density at radius 3 is 2.47 bits per heavy atom. The van der Waals surface area contributed by atoms with E-state index in [9.17, 15) is 0 Å². The summed E-state index contributed by atoms with van der Waals surface area (Å²) in [5.41, 5.74) is 2.54. The second kappa shape index (κ2) is 5.80. The summed E-state index contributed by atoms with van der Waals surface area (Å²) in [4.78, 5) is 4.76. The van der Waals surface area contributed by atoms with Gasteiger partial charge in [0.25, 0.3) is 0 Å². The van der Waals surface area contributed by atoms with Crippen LogP contribution in [0.3, 0.4) is 0 Å². The Kier molecular flexibility index (Phi) is 3.89. The van der Waals surface area contributed by atoms with E-state index in [-0.39, 0.29) is 0 Å². The van der Waals surface area contributed by atoms with Gasteiger partial charge in [0.2, 0.25) is 0 Å². The van der Waals surface area contributed by atoms with E-state index >= 15 is 0 Å². The molecular weight excluding hydrogens is 238 g/mol. The lowest BCUT2D eigenvalue weighted by molar-refractivity contribution is 0.122. The Labute approximate surface area is 115 Å². The molecule has 0 aromatic heterocycles. The largest absolute Gasteiger partial charge is 0.381 e. The van der Waals surface area contributed by atoms with Gasteiger partial charge in [-0.2, -0.15) is 0 Å². The van der Waals surface area contributed by atoms with Crippen molar-refractivity contribution in [2.24, 2.45) is 0 Å². The number of morpholine rings is 1. The number of likely N-dealkylation sites (tertiary alicyclic amines) is 1. The number of anilines is 2. The van der Waals surface area contributed by atoms with Gasteiger partial charge in [-0.3, -0.25) is 0 Å². The van der Waals surface area contributed by atoms with Gasteiger partial charge in [0.1, 0.15) is 0 Å². The number of rotatable bonds is 3. The van der Waals surface area contributed by atoms with Crippen molar-refractivity contribution < 1.29 is 4.74 Å². The molecule has 2 aliphatic heterocycles. The zero-order chi connectivity index (χ0) is 13.1. The first kappa shape index (κ1) is 12.8. The molecule has 0 radical (unpaired) electrons. The van der Waals surface area contributed by atoms with Crippen LogP contribution in [0.2, 0.25) is 0 Å². The first-order valence-corrected chi connectivity index (χ1v) is 7.19. The van der Waals surface area contributed by atoms with Crippen molar-refractivity contribution in [1.82, 2.24) is 4.90 Å². The SMILES string of the molecule is CN1CCC(Nc2ccc(N3CCOCC3)cc2)C1. The van der Waals surface area contributed by atoms with Crippen LogP contribution in [-0.2, 0) is 4.74 Å². The molecule has 1 aromatic rings. The molecule has 2 heterocycles. The third-order valence-corrected chi connectivity index (χ3v) is 4.01. The molecule has 1 atom stereocenters. The quantitative estimate of drug-likeness (QED) is 0.895. The Bertz CT molecular complexity index is 400. The van der Waals surface area contributed by atoms with Crippen LogP contribution >= 0.6 is 0 Å². The molecule has 1 unspecified atom stereocenters. The van der Waals surface area contributed by atoms with Gasteiger partial charge in [-0.15, -0.1) is 0 Å². The highest BCUT2D eigenvalue weighted by Crippen LogP contribution is 2.21. The molecule has 19 heavy (non-hydrogen) atoms. The lowest BCUT2D eigenvalue weighted by Crippen LogP contribution is -2.36. The third kappa shape index (κ3) is 3.19. The molecule has 2 fully saturated rings. The number of ether oxygens (including phenoxy) is 1. The summed E-state index contributed by atoms with van der Waals surface area (Å²) in [5.74, 6) is 0. The molecule has 4 heteroatoms. The van der Waals surface area contributed by atoms with Gasteiger partial charge < -0.3 is 19.9 Å². The average Bonchev–Trinajstić information content (AvgIpc) is 2.86. The van der Waals surface area contributed by atoms with Crippen LogP contribution in [0.4, 0.5) is 11.4 Å². The maximum Gasteiger partial charge on any atom is 0.0642 e. The number of likely N-dealkylation sites (N-methyl/N-ethyl adjacent to an activating group) is 1. The van der Waals surface area contributed by atoms with E-state index in [1.165, 1.54) is 24.3 Å². The molecule has 2 aliphatic rings. The highest BCUT2D eigenvalue weighted by atomic mass is 16.5. The molecule has 104 valence electrons. The first-order chi connectivity index (χ1) is 9.31. The van der Waals surface area contributed by atoms with E-state index < -0.39 is 0 Å². The molecule has 1 N–H and O–H groups in total. The number of hydrogen-bond acceptors (Lipinski definition) is 4. The molecular formula is C15H23N3O. The van der Waals surface area contributed by atoms with Crippen LogP contribution in [-0.4, -0.2) is 57.4 Å². The summed E-state index contributed by atoms with van der Waals surface area (Å²) in [5, 5.41) is 3.62. The maximum atomic E-state index is 5.38. The molecule has 4 nitrogen and oxygen atoms in total. The second-order valence-corrected chi connectivity index (χ2v) is 5.54. The topological polar surface area (TPSA) is 27.7 Å². The van der Waals surface area contributed by atoms with Gasteiger partial charge in [0.05, 0.1) is 13.2 Å². The molecule has 0 aliphatic carbocycles. The Morgan fingerprint density at radius 1 is 1.11 bits per heavy atom. The molecule has 1 aromatic carbocycles. The predicted octanol–water partition coefficient (Wildman–Crippen LogP) is 1.64. The molecule has 2 saturated heterocycles. The fourth-order valence-corrected chi connectivity index (χ4v) is 2.88. The lowest BCUT2D eigenvalue weighted by Gasteiger charge is -2.29. The maximum absolute atomic E-state index is 5.38. The van der Waals surface area contributed by atoms with Crippen LogP contribution in [0.25, 0.3) is 0 Å². The fourth-order valence-electron chi connectivity index (χ4n) is 2.88. The summed E-state index contributed by atoms with van der Waals surface area (Å²) < 4.78 is 5.38. The number of hydrogen-bond donors (Lipinski definition) is 1. The van der Waals surface area contributed by atoms with Gasteiger partial charge >= 0.3 is 0 Å². The first-order valence-electron chi connectivity index (χ1n) is 7.19. The number of benzene rings is 1. The van der Waals surface area contributed by atoms with Crippen molar-refractivity contribution >= 4 is 11.4 Å². The predicted molar refractivity (Wildman–Crippen MR) is 79.0 cm³/mol. The van der Waals surface area contributed by atoms with Crippen LogP contribution in [0.1, 0.15) is 6.42 Å². The smallest absolute Gasteiger partial charge is 0.0642 e. The van der Waals surface area contributed by atoms with Gasteiger partial charge in [0, 0.05) is 37.1 Å². The van der Waals surface area contributed by atoms with E-state index in [4.69, 9.17) is 4.74 Å². The highest BCUT2D eigenvalue weighted by molar-refractivity contribution is 5.55. The Hall–Kier alpha value is -1.26. The van der Waals surface area contributed by atoms with E-state index in [0.717, 1.165) is 32.8 Å². The monoisotopic (exact) mass is 261 g/mol. The van der Waals surface area contributed by atoms with Gasteiger partial charge in [0.15, 0.2) is 0 Å². The fraction of sp³-hybridized carbons (Fsp3) is 0.600. The van der Waals surface area contributed by atoms with E-state index in [2.05, 4.69) is 46.4 Å². The molecule has 3 rings (SSSR count). The number of nitrogens with one attached hydrogen (secondary N) is 1. The second-order valence-electron chi connectivity index (χ2n) is 5.54. The minimum Gasteiger partial charge on any atom is -0.381 e. The van der Waals surface area contributed by atoms with Crippen LogP contribution in [0, 0.1) is 0 Å². The minimum atomic E-state index is 0.597. The normalized spacial score (nSPS) is 24.7. The molecule has 0 amide bonds. The number of nitrogens with zero attached hydrogens (tertiary/aromatic N) is 2. The molecule has 0 spiro atoms. The zero-order valence-electron chi connectivity index (χ0n) is 11.6. The Balaban J connectivity index is 1.59. The zero-order valence-corrected chi connectivity index (χ0v) is 11.6. The summed E-state index contributed by atoms with van der Waals surface area (Å²) in [6.07, 6.45) is 1.24. The summed E-state index contributed by atoms with van der Waals surface area (Å²) in [6.45, 7) is 6.03. The van der Waals surface area contributed by atoms with Crippen LogP contribution in [0.15, 0.2) is 24.3 Å². The van der Waals surface area contributed by atoms with E-state index in [0.29, 0.717) is 6.04 Å². The average molecular weight is 261 g/mol. The minimum absolute atomic E-state index is 0.597. The lowest BCUT2D eigenvalue weighted by atomic mass is 10.2. The van der Waals surface area contributed by atoms with Gasteiger partial charge in [-0.25, -0.2) is 0 Å². The van der Waals surface area contributed by atoms with Crippen molar-refractivity contribution in [1.29, 1.82) is 0 Å². The summed E-state index contributed by atoms with van der Waals surface area (Å²) in [6, 6.07) is 9.42. The van der Waals surface area contributed by atoms with Crippen molar-refractivity contribution in [3.05, 3.63) is 24.3 Å². The molecule has 0 bridgehead atoms. The summed E-state index contributed by atoms with van der Waals surface area (Å²) in [7, 11) is 2.18. The van der Waals surface area contributed by atoms with Crippen LogP contribution < -0.4 is 10.2 Å². The van der Waals surface area contributed by atoms with Crippen molar-refractivity contribution in [3.8, 4) is 0 Å². The summed E-state index contributed by atoms with van der Waals surface area (Å²) >= 11 is 0. The highest BCUT2D eigenvalue weighted by Gasteiger charge is 2.19. The van der Waals surface area contributed by atoms with Crippen molar-refractivity contribution in [2.45, 2.75) is 12.5 Å². The van der Waals surface area contributed by atoms with E-state index in [1.807, 2.05) is 0 Å². The van der Waals surface area contributed by atoms with Crippen molar-refractivity contribution in [3.63, 3.8) is 0 Å². The Morgan fingerprint density at radius 2 is 1.84 bits per heavy atom. The standard InChI is InChI=1S/C15H23N3O/c1-17-7-6-14(12-17)16-13-2-4-15(5-3-13)18-8-10-19-11-9-18/h2-5,14,16H,6-12H2,1H3. The van der Waals surface area contributed by atoms with Crippen LogP contribution in [0.5, 0.6) is 0 Å². The van der Waals surface area contributed by atoms with Crippen molar-refractivity contribution in [2.75, 3.05) is 56.7 Å². The van der Waals surface area contributed by atoms with E-state index in [1.54, 1.807) is 0 Å². The third-order valence-electron chi connectivity index (χ3n) is 4.01.